The predicted octanol–water partition coefficient (Wildman–Crippen LogP) is 2.49. The molecule has 102 valence electrons. The first-order valence-electron chi connectivity index (χ1n) is 6.00. The number of nitrogens with zero attached hydrogens (tertiary/aromatic N) is 4. The highest BCUT2D eigenvalue weighted by atomic mass is 35.5. The summed E-state index contributed by atoms with van der Waals surface area (Å²) in [4.78, 5) is 6.06. The second-order valence-electron chi connectivity index (χ2n) is 3.92. The molecule has 0 spiro atoms. The van der Waals surface area contributed by atoms with E-state index in [9.17, 15) is 4.39 Å². The van der Waals surface area contributed by atoms with Crippen LogP contribution in [-0.2, 0) is 0 Å². The van der Waals surface area contributed by atoms with Gasteiger partial charge in [0.1, 0.15) is 5.69 Å². The highest BCUT2D eigenvalue weighted by molar-refractivity contribution is 6.32. The van der Waals surface area contributed by atoms with E-state index in [2.05, 4.69) is 10.1 Å². The molecule has 1 aromatic carbocycles. The van der Waals surface area contributed by atoms with Crippen molar-refractivity contribution in [1.82, 2.24) is 14.8 Å². The van der Waals surface area contributed by atoms with Crippen LogP contribution >= 0.6 is 11.6 Å². The number of nitrogen functional groups attached to an aromatic ring is 1. The lowest BCUT2D eigenvalue weighted by molar-refractivity contribution is 0.611. The monoisotopic (exact) mass is 283 g/mol. The molecule has 0 saturated heterocycles. The average molecular weight is 284 g/mol. The fourth-order valence-corrected chi connectivity index (χ4v) is 2.05. The first kappa shape index (κ1) is 13.6. The van der Waals surface area contributed by atoms with Gasteiger partial charge in [-0.2, -0.15) is 9.67 Å². The topological polar surface area (TPSA) is 60.0 Å². The summed E-state index contributed by atoms with van der Waals surface area (Å²) in [7, 11) is 0. The maximum Gasteiger partial charge on any atom is 0.246 e. The molecule has 5 nitrogen and oxygen atoms in total. The Morgan fingerprint density at radius 2 is 2.05 bits per heavy atom. The Bertz CT molecular complexity index is 559. The van der Waals surface area contributed by atoms with Gasteiger partial charge in [0.05, 0.1) is 5.02 Å². The Morgan fingerprint density at radius 1 is 1.37 bits per heavy atom. The minimum atomic E-state index is -0.491. The van der Waals surface area contributed by atoms with Crippen LogP contribution in [0, 0.1) is 5.82 Å². The molecule has 0 unspecified atom stereocenters. The smallest absolute Gasteiger partial charge is 0.246 e. The summed E-state index contributed by atoms with van der Waals surface area (Å²) in [6, 6.07) is 4.41. The molecule has 0 atom stereocenters. The van der Waals surface area contributed by atoms with E-state index in [-0.39, 0.29) is 16.7 Å². The minimum absolute atomic E-state index is 0.105. The van der Waals surface area contributed by atoms with Crippen LogP contribution in [0.1, 0.15) is 13.8 Å². The molecule has 2 aromatic rings. The quantitative estimate of drug-likeness (QED) is 0.936. The van der Waals surface area contributed by atoms with E-state index in [0.717, 1.165) is 13.1 Å². The van der Waals surface area contributed by atoms with Gasteiger partial charge in [0.15, 0.2) is 5.82 Å². The van der Waals surface area contributed by atoms with Gasteiger partial charge < -0.3 is 10.6 Å². The van der Waals surface area contributed by atoms with E-state index in [1.807, 2.05) is 18.7 Å². The van der Waals surface area contributed by atoms with Crippen LogP contribution in [0.5, 0.6) is 0 Å². The van der Waals surface area contributed by atoms with Gasteiger partial charge in [-0.15, -0.1) is 5.10 Å². The molecule has 0 aliphatic heterocycles. The van der Waals surface area contributed by atoms with Crippen molar-refractivity contribution in [2.45, 2.75) is 13.8 Å². The first-order valence-corrected chi connectivity index (χ1v) is 6.38. The Kier molecular flexibility index (Phi) is 3.90. The van der Waals surface area contributed by atoms with E-state index in [4.69, 9.17) is 17.3 Å². The third-order valence-electron chi connectivity index (χ3n) is 2.82. The number of aromatic nitrogens is 3. The number of hydrogen-bond donors (Lipinski definition) is 1. The van der Waals surface area contributed by atoms with Gasteiger partial charge in [0.25, 0.3) is 0 Å². The second kappa shape index (κ2) is 5.44. The Hall–Kier alpha value is -1.82. The number of hydrogen-bond acceptors (Lipinski definition) is 4. The van der Waals surface area contributed by atoms with E-state index >= 15 is 0 Å². The maximum absolute atomic E-state index is 13.8. The normalized spacial score (nSPS) is 10.7. The molecule has 1 aromatic heterocycles. The highest BCUT2D eigenvalue weighted by Gasteiger charge is 2.17. The highest BCUT2D eigenvalue weighted by Crippen LogP contribution is 2.25. The van der Waals surface area contributed by atoms with Crippen molar-refractivity contribution in [2.24, 2.45) is 0 Å². The van der Waals surface area contributed by atoms with Crippen LogP contribution in [0.15, 0.2) is 18.2 Å². The zero-order valence-corrected chi connectivity index (χ0v) is 11.5. The van der Waals surface area contributed by atoms with Crippen LogP contribution in [-0.4, -0.2) is 27.9 Å². The molecule has 0 amide bonds. The van der Waals surface area contributed by atoms with Crippen LogP contribution in [0.3, 0.4) is 0 Å². The molecular formula is C12H15ClFN5. The van der Waals surface area contributed by atoms with Crippen LogP contribution in [0.2, 0.25) is 5.02 Å². The Balaban J connectivity index is 2.52. The van der Waals surface area contributed by atoms with Gasteiger partial charge in [-0.3, -0.25) is 0 Å². The molecule has 0 fully saturated rings. The van der Waals surface area contributed by atoms with Crippen LogP contribution in [0.4, 0.5) is 16.3 Å². The molecule has 2 N–H and O–H groups in total. The van der Waals surface area contributed by atoms with Crippen molar-refractivity contribution in [3.63, 3.8) is 0 Å². The Morgan fingerprint density at radius 3 is 2.63 bits per heavy atom. The molecule has 0 aliphatic rings. The van der Waals surface area contributed by atoms with Gasteiger partial charge in [-0.25, -0.2) is 4.39 Å². The van der Waals surface area contributed by atoms with Gasteiger partial charge in [-0.05, 0) is 26.0 Å². The molecular weight excluding hydrogens is 269 g/mol. The molecule has 0 aliphatic carbocycles. The molecule has 0 bridgehead atoms. The first-order chi connectivity index (χ1) is 9.08. The standard InChI is InChI=1S/C12H15ClFN5/c1-3-18(4-2)12-16-11(15)19(17-12)10-8(13)6-5-7-9(10)14/h5-7H,3-4H2,1-2H3,(H2,15,16,17). The van der Waals surface area contributed by atoms with Gasteiger partial charge in [0.2, 0.25) is 11.9 Å². The number of nitrogens with two attached hydrogens (primary N) is 1. The summed E-state index contributed by atoms with van der Waals surface area (Å²) in [6.45, 7) is 5.45. The third kappa shape index (κ3) is 2.49. The summed E-state index contributed by atoms with van der Waals surface area (Å²) in [6.07, 6.45) is 0. The Labute approximate surface area is 115 Å². The summed E-state index contributed by atoms with van der Waals surface area (Å²) < 4.78 is 15.1. The SMILES string of the molecule is CCN(CC)c1nc(N)n(-c2c(F)cccc2Cl)n1. The molecule has 7 heteroatoms. The zero-order chi connectivity index (χ0) is 14.0. The molecule has 1 heterocycles. The molecule has 0 saturated carbocycles. The average Bonchev–Trinajstić information content (AvgIpc) is 2.73. The van der Waals surface area contributed by atoms with Crippen molar-refractivity contribution in [3.8, 4) is 5.69 Å². The summed E-state index contributed by atoms with van der Waals surface area (Å²) >= 11 is 5.99. The summed E-state index contributed by atoms with van der Waals surface area (Å²) in [5, 5.41) is 4.46. The summed E-state index contributed by atoms with van der Waals surface area (Å²) in [5.41, 5.74) is 5.91. The lowest BCUT2D eigenvalue weighted by Crippen LogP contribution is -2.23. The molecule has 19 heavy (non-hydrogen) atoms. The fraction of sp³-hybridized carbons (Fsp3) is 0.333. The zero-order valence-electron chi connectivity index (χ0n) is 10.8. The minimum Gasteiger partial charge on any atom is -0.368 e. The lowest BCUT2D eigenvalue weighted by atomic mass is 10.3. The van der Waals surface area contributed by atoms with Gasteiger partial charge >= 0.3 is 0 Å². The van der Waals surface area contributed by atoms with Gasteiger partial charge in [0, 0.05) is 13.1 Å². The summed E-state index contributed by atoms with van der Waals surface area (Å²) in [5.74, 6) is 0.0749. The predicted molar refractivity (Wildman–Crippen MR) is 74.3 cm³/mol. The van der Waals surface area contributed by atoms with Crippen LogP contribution < -0.4 is 10.6 Å². The van der Waals surface area contributed by atoms with Crippen molar-refractivity contribution in [1.29, 1.82) is 0 Å². The van der Waals surface area contributed by atoms with Crippen molar-refractivity contribution >= 4 is 23.5 Å². The fourth-order valence-electron chi connectivity index (χ4n) is 1.81. The van der Waals surface area contributed by atoms with E-state index in [1.165, 1.54) is 16.8 Å². The number of anilines is 2. The number of para-hydroxylation sites is 1. The maximum atomic E-state index is 13.8. The number of benzene rings is 1. The third-order valence-corrected chi connectivity index (χ3v) is 3.12. The van der Waals surface area contributed by atoms with Crippen molar-refractivity contribution < 1.29 is 4.39 Å². The van der Waals surface area contributed by atoms with E-state index in [1.54, 1.807) is 6.07 Å². The van der Waals surface area contributed by atoms with E-state index in [0.29, 0.717) is 5.95 Å². The largest absolute Gasteiger partial charge is 0.368 e. The van der Waals surface area contributed by atoms with Crippen LogP contribution in [0.25, 0.3) is 5.69 Å². The second-order valence-corrected chi connectivity index (χ2v) is 4.33. The van der Waals surface area contributed by atoms with E-state index < -0.39 is 5.82 Å². The van der Waals surface area contributed by atoms with Crippen molar-refractivity contribution in [3.05, 3.63) is 29.0 Å². The molecule has 0 radical (unpaired) electrons. The lowest BCUT2D eigenvalue weighted by Gasteiger charge is -2.15. The van der Waals surface area contributed by atoms with Crippen molar-refractivity contribution in [2.75, 3.05) is 23.7 Å². The molecule has 2 rings (SSSR count). The number of halogens is 2. The number of rotatable bonds is 4. The van der Waals surface area contributed by atoms with Gasteiger partial charge in [-0.1, -0.05) is 17.7 Å².